The molecule has 3 rings (SSSR count). The summed E-state index contributed by atoms with van der Waals surface area (Å²) in [6.45, 7) is 0. The van der Waals surface area contributed by atoms with Crippen LogP contribution in [0.3, 0.4) is 0 Å². The fourth-order valence-electron chi connectivity index (χ4n) is 2.49. The van der Waals surface area contributed by atoms with Gasteiger partial charge in [0.1, 0.15) is 10.8 Å². The number of pyridine rings is 1. The number of halogens is 1. The molecule has 0 aromatic carbocycles. The zero-order chi connectivity index (χ0) is 13.9. The van der Waals surface area contributed by atoms with Gasteiger partial charge in [0.05, 0.1) is 7.11 Å². The van der Waals surface area contributed by atoms with E-state index >= 15 is 0 Å². The fourth-order valence-corrected chi connectivity index (χ4v) is 2.78. The number of aromatic nitrogens is 3. The molecule has 104 valence electrons. The van der Waals surface area contributed by atoms with Gasteiger partial charge >= 0.3 is 0 Å². The number of hydrogen-bond acceptors (Lipinski definition) is 4. The van der Waals surface area contributed by atoms with Gasteiger partial charge in [0.15, 0.2) is 5.82 Å². The van der Waals surface area contributed by atoms with Crippen molar-refractivity contribution in [2.24, 2.45) is 0 Å². The van der Waals surface area contributed by atoms with Gasteiger partial charge in [-0.1, -0.05) is 24.1 Å². The average Bonchev–Trinajstić information content (AvgIpc) is 2.73. The van der Waals surface area contributed by atoms with Gasteiger partial charge in [-0.15, -0.1) is 0 Å². The topological polar surface area (TPSA) is 47.9 Å². The molecule has 0 amide bonds. The van der Waals surface area contributed by atoms with Crippen LogP contribution >= 0.6 is 11.6 Å². The summed E-state index contributed by atoms with van der Waals surface area (Å²) in [6, 6.07) is 5.55. The van der Waals surface area contributed by atoms with Gasteiger partial charge in [-0.25, -0.2) is 15.0 Å². The summed E-state index contributed by atoms with van der Waals surface area (Å²) in [4.78, 5) is 13.4. The third-order valence-corrected chi connectivity index (χ3v) is 3.86. The molecule has 0 bridgehead atoms. The Morgan fingerprint density at radius 2 is 1.90 bits per heavy atom. The summed E-state index contributed by atoms with van der Waals surface area (Å²) in [5, 5.41) is 0.566. The van der Waals surface area contributed by atoms with Crippen molar-refractivity contribution in [1.29, 1.82) is 0 Å². The average molecular weight is 290 g/mol. The Labute approximate surface area is 123 Å². The summed E-state index contributed by atoms with van der Waals surface area (Å²) < 4.78 is 5.14. The molecule has 20 heavy (non-hydrogen) atoms. The third-order valence-electron chi connectivity index (χ3n) is 3.54. The van der Waals surface area contributed by atoms with Crippen LogP contribution in [0.2, 0.25) is 5.15 Å². The molecule has 0 saturated heterocycles. The maximum atomic E-state index is 6.33. The summed E-state index contributed by atoms with van der Waals surface area (Å²) in [5.74, 6) is 1.13. The molecule has 2 aromatic rings. The molecular weight excluding hydrogens is 274 g/mol. The Bertz CT molecular complexity index is 631. The molecule has 2 aromatic heterocycles. The molecule has 5 heteroatoms. The van der Waals surface area contributed by atoms with Gasteiger partial charge in [0, 0.05) is 17.3 Å². The lowest BCUT2D eigenvalue weighted by Gasteiger charge is -2.09. The third kappa shape index (κ3) is 2.61. The van der Waals surface area contributed by atoms with Crippen molar-refractivity contribution in [3.8, 4) is 17.4 Å². The minimum atomic E-state index is 0.553. The first-order valence-electron chi connectivity index (χ1n) is 6.84. The van der Waals surface area contributed by atoms with E-state index in [1.165, 1.54) is 6.42 Å². The molecule has 0 N–H and O–H groups in total. The van der Waals surface area contributed by atoms with Gasteiger partial charge in [0.25, 0.3) is 0 Å². The Hall–Kier alpha value is -1.68. The van der Waals surface area contributed by atoms with Crippen molar-refractivity contribution in [2.75, 3.05) is 7.11 Å². The molecule has 2 heterocycles. The molecular formula is C15H16ClN3O. The molecule has 1 aliphatic rings. The second-order valence-electron chi connectivity index (χ2n) is 4.89. The van der Waals surface area contributed by atoms with Crippen molar-refractivity contribution in [3.05, 3.63) is 34.6 Å². The lowest BCUT2D eigenvalue weighted by molar-refractivity contribution is 0.398. The standard InChI is InChI=1S/C15H16ClN3O/c1-20-13-9-5-8-12(17-13)15-18-11-7-4-2-3-6-10(11)14(16)19-15/h5,8-9H,2-4,6-7H2,1H3. The van der Waals surface area contributed by atoms with Gasteiger partial charge in [-0.3, -0.25) is 0 Å². The minimum absolute atomic E-state index is 0.553. The Balaban J connectivity index is 2.06. The maximum absolute atomic E-state index is 6.33. The van der Waals surface area contributed by atoms with Crippen LogP contribution in [-0.4, -0.2) is 22.1 Å². The number of fused-ring (bicyclic) bond motifs is 1. The molecule has 0 atom stereocenters. The SMILES string of the molecule is COc1cccc(-c2nc(Cl)c3c(n2)CCCCC3)n1. The lowest BCUT2D eigenvalue weighted by Crippen LogP contribution is -2.03. The molecule has 4 nitrogen and oxygen atoms in total. The second-order valence-corrected chi connectivity index (χ2v) is 5.25. The van der Waals surface area contributed by atoms with Crippen molar-refractivity contribution in [2.45, 2.75) is 32.1 Å². The molecule has 0 saturated carbocycles. The van der Waals surface area contributed by atoms with Gasteiger partial charge in [-0.05, 0) is 31.7 Å². The first-order chi connectivity index (χ1) is 9.78. The van der Waals surface area contributed by atoms with Gasteiger partial charge < -0.3 is 4.74 Å². The Morgan fingerprint density at radius 3 is 2.75 bits per heavy atom. The van der Waals surface area contributed by atoms with Crippen molar-refractivity contribution in [1.82, 2.24) is 15.0 Å². The second kappa shape index (κ2) is 5.75. The predicted octanol–water partition coefficient (Wildman–Crippen LogP) is 3.47. The van der Waals surface area contributed by atoms with E-state index in [-0.39, 0.29) is 0 Å². The predicted molar refractivity (Wildman–Crippen MR) is 78.1 cm³/mol. The van der Waals surface area contributed by atoms with Crippen LogP contribution in [-0.2, 0) is 12.8 Å². The number of hydrogen-bond donors (Lipinski definition) is 0. The number of rotatable bonds is 2. The van der Waals surface area contributed by atoms with Crippen molar-refractivity contribution >= 4 is 11.6 Å². The molecule has 0 unspecified atom stereocenters. The highest BCUT2D eigenvalue weighted by Gasteiger charge is 2.17. The first-order valence-corrected chi connectivity index (χ1v) is 7.22. The molecule has 0 spiro atoms. The largest absolute Gasteiger partial charge is 0.481 e. The Morgan fingerprint density at radius 1 is 1.05 bits per heavy atom. The van der Waals surface area contributed by atoms with E-state index in [4.69, 9.17) is 16.3 Å². The van der Waals surface area contributed by atoms with E-state index in [9.17, 15) is 0 Å². The zero-order valence-electron chi connectivity index (χ0n) is 11.4. The van der Waals surface area contributed by atoms with Gasteiger partial charge in [0.2, 0.25) is 5.88 Å². The van der Waals surface area contributed by atoms with Crippen LogP contribution in [0.15, 0.2) is 18.2 Å². The highest BCUT2D eigenvalue weighted by Crippen LogP contribution is 2.27. The van der Waals surface area contributed by atoms with Crippen LogP contribution in [0.25, 0.3) is 11.5 Å². The number of ether oxygens (including phenoxy) is 1. The quantitative estimate of drug-likeness (QED) is 0.627. The maximum Gasteiger partial charge on any atom is 0.213 e. The van der Waals surface area contributed by atoms with Crippen LogP contribution in [0.5, 0.6) is 5.88 Å². The lowest BCUT2D eigenvalue weighted by atomic mass is 10.1. The van der Waals surface area contributed by atoms with E-state index in [0.717, 1.165) is 36.9 Å². The fraction of sp³-hybridized carbons (Fsp3) is 0.400. The first kappa shape index (κ1) is 13.3. The van der Waals surface area contributed by atoms with E-state index in [1.54, 1.807) is 13.2 Å². The number of aryl methyl sites for hydroxylation is 1. The van der Waals surface area contributed by atoms with E-state index in [1.807, 2.05) is 12.1 Å². The monoisotopic (exact) mass is 289 g/mol. The van der Waals surface area contributed by atoms with E-state index in [0.29, 0.717) is 22.6 Å². The van der Waals surface area contributed by atoms with Crippen molar-refractivity contribution < 1.29 is 4.74 Å². The Kier molecular flexibility index (Phi) is 3.83. The van der Waals surface area contributed by atoms with Gasteiger partial charge in [-0.2, -0.15) is 0 Å². The minimum Gasteiger partial charge on any atom is -0.481 e. The summed E-state index contributed by atoms with van der Waals surface area (Å²) in [5.41, 5.74) is 2.87. The van der Waals surface area contributed by atoms with Crippen LogP contribution in [0.1, 0.15) is 30.5 Å². The normalized spacial score (nSPS) is 14.5. The number of methoxy groups -OCH3 is 1. The number of nitrogens with zero attached hydrogens (tertiary/aromatic N) is 3. The molecule has 0 fully saturated rings. The highest BCUT2D eigenvalue weighted by molar-refractivity contribution is 6.30. The summed E-state index contributed by atoms with van der Waals surface area (Å²) >= 11 is 6.33. The summed E-state index contributed by atoms with van der Waals surface area (Å²) in [6.07, 6.45) is 5.48. The van der Waals surface area contributed by atoms with Crippen LogP contribution in [0, 0.1) is 0 Å². The van der Waals surface area contributed by atoms with Crippen molar-refractivity contribution in [3.63, 3.8) is 0 Å². The highest BCUT2D eigenvalue weighted by atomic mass is 35.5. The molecule has 0 radical (unpaired) electrons. The smallest absolute Gasteiger partial charge is 0.213 e. The summed E-state index contributed by atoms with van der Waals surface area (Å²) in [7, 11) is 1.59. The molecule has 1 aliphatic carbocycles. The van der Waals surface area contributed by atoms with Crippen LogP contribution < -0.4 is 4.74 Å². The van der Waals surface area contributed by atoms with Crippen LogP contribution in [0.4, 0.5) is 0 Å². The zero-order valence-corrected chi connectivity index (χ0v) is 12.2. The molecule has 0 aliphatic heterocycles. The van der Waals surface area contributed by atoms with E-state index < -0.39 is 0 Å². The van der Waals surface area contributed by atoms with E-state index in [2.05, 4.69) is 15.0 Å².